The number of amides is 1. The molecule has 2 rings (SSSR count). The van der Waals surface area contributed by atoms with Crippen LogP contribution in [0.5, 0.6) is 0 Å². The molecule has 1 aromatic rings. The van der Waals surface area contributed by atoms with Crippen molar-refractivity contribution in [1.82, 2.24) is 14.8 Å². The number of carbonyl (C=O) groups excluding carboxylic acids is 1. The van der Waals surface area contributed by atoms with Gasteiger partial charge in [-0.05, 0) is 13.5 Å². The van der Waals surface area contributed by atoms with Crippen LogP contribution in [-0.4, -0.2) is 53.4 Å². The minimum atomic E-state index is 0.149. The topological polar surface area (TPSA) is 36.4 Å². The predicted octanol–water partition coefficient (Wildman–Crippen LogP) is 1.23. The van der Waals surface area contributed by atoms with Crippen LogP contribution in [0.15, 0.2) is 5.51 Å². The van der Waals surface area contributed by atoms with Gasteiger partial charge in [-0.1, -0.05) is 6.92 Å². The van der Waals surface area contributed by atoms with Crippen LogP contribution in [0, 0.1) is 6.92 Å². The summed E-state index contributed by atoms with van der Waals surface area (Å²) >= 11 is 1.44. The Bertz CT molecular complexity index is 369. The lowest BCUT2D eigenvalue weighted by atomic mass is 10.3. The maximum atomic E-state index is 12.2. The lowest BCUT2D eigenvalue weighted by molar-refractivity contribution is 0.0647. The second-order valence-corrected chi connectivity index (χ2v) is 4.85. The average molecular weight is 239 g/mol. The summed E-state index contributed by atoms with van der Waals surface area (Å²) in [4.78, 5) is 21.4. The summed E-state index contributed by atoms with van der Waals surface area (Å²) < 4.78 is 0. The van der Waals surface area contributed by atoms with Crippen LogP contribution in [0.4, 0.5) is 0 Å². The van der Waals surface area contributed by atoms with Crippen molar-refractivity contribution in [3.05, 3.63) is 16.1 Å². The third-order valence-corrected chi connectivity index (χ3v) is 3.96. The predicted molar refractivity (Wildman–Crippen MR) is 64.9 cm³/mol. The number of piperazine rings is 1. The maximum absolute atomic E-state index is 12.2. The van der Waals surface area contributed by atoms with Crippen LogP contribution in [0.3, 0.4) is 0 Å². The zero-order valence-corrected chi connectivity index (χ0v) is 10.6. The first kappa shape index (κ1) is 11.5. The number of rotatable bonds is 2. The molecule has 0 radical (unpaired) electrons. The monoisotopic (exact) mass is 239 g/mol. The van der Waals surface area contributed by atoms with E-state index in [1.54, 1.807) is 5.51 Å². The average Bonchev–Trinajstić information content (AvgIpc) is 2.75. The highest BCUT2D eigenvalue weighted by Crippen LogP contribution is 2.16. The summed E-state index contributed by atoms with van der Waals surface area (Å²) in [6.45, 7) is 8.77. The van der Waals surface area contributed by atoms with E-state index < -0.39 is 0 Å². The first-order valence-electron chi connectivity index (χ1n) is 5.64. The van der Waals surface area contributed by atoms with Crippen molar-refractivity contribution >= 4 is 17.2 Å². The third kappa shape index (κ3) is 2.25. The van der Waals surface area contributed by atoms with E-state index in [2.05, 4.69) is 16.8 Å². The number of carbonyl (C=O) groups is 1. The van der Waals surface area contributed by atoms with Crippen LogP contribution in [0.1, 0.15) is 22.3 Å². The van der Waals surface area contributed by atoms with Gasteiger partial charge in [0, 0.05) is 26.2 Å². The largest absolute Gasteiger partial charge is 0.335 e. The minimum Gasteiger partial charge on any atom is -0.335 e. The third-order valence-electron chi connectivity index (χ3n) is 3.05. The number of hydrogen-bond acceptors (Lipinski definition) is 4. The smallest absolute Gasteiger partial charge is 0.265 e. The summed E-state index contributed by atoms with van der Waals surface area (Å²) in [5.74, 6) is 0.149. The van der Waals surface area contributed by atoms with E-state index in [9.17, 15) is 4.79 Å². The van der Waals surface area contributed by atoms with E-state index in [0.717, 1.165) is 43.3 Å². The quantitative estimate of drug-likeness (QED) is 0.779. The Kier molecular flexibility index (Phi) is 3.56. The highest BCUT2D eigenvalue weighted by Gasteiger charge is 2.23. The standard InChI is InChI=1S/C11H17N3OS/c1-3-13-4-6-14(7-5-13)11(15)10-9(2)12-8-16-10/h8H,3-7H2,1-2H3. The van der Waals surface area contributed by atoms with E-state index in [4.69, 9.17) is 0 Å². The van der Waals surface area contributed by atoms with Crippen LogP contribution in [0.2, 0.25) is 0 Å². The Hall–Kier alpha value is -0.940. The van der Waals surface area contributed by atoms with Gasteiger partial charge in [0.2, 0.25) is 0 Å². The molecule has 0 unspecified atom stereocenters. The molecule has 1 aliphatic heterocycles. The van der Waals surface area contributed by atoms with Crippen molar-refractivity contribution in [2.45, 2.75) is 13.8 Å². The fourth-order valence-corrected chi connectivity index (χ4v) is 2.69. The van der Waals surface area contributed by atoms with Gasteiger partial charge >= 0.3 is 0 Å². The second kappa shape index (κ2) is 4.93. The molecule has 1 saturated heterocycles. The SMILES string of the molecule is CCN1CCN(C(=O)c2scnc2C)CC1. The Morgan fingerprint density at radius 2 is 2.12 bits per heavy atom. The van der Waals surface area contributed by atoms with E-state index in [-0.39, 0.29) is 5.91 Å². The van der Waals surface area contributed by atoms with Crippen LogP contribution < -0.4 is 0 Å². The van der Waals surface area contributed by atoms with E-state index in [0.29, 0.717) is 0 Å². The maximum Gasteiger partial charge on any atom is 0.265 e. The van der Waals surface area contributed by atoms with Crippen LogP contribution in [0.25, 0.3) is 0 Å². The number of hydrogen-bond donors (Lipinski definition) is 0. The molecule has 0 aromatic carbocycles. The van der Waals surface area contributed by atoms with Crippen LogP contribution in [-0.2, 0) is 0 Å². The van der Waals surface area contributed by atoms with Gasteiger partial charge < -0.3 is 9.80 Å². The summed E-state index contributed by atoms with van der Waals surface area (Å²) in [7, 11) is 0. The molecule has 5 heteroatoms. The normalized spacial score (nSPS) is 17.8. The molecular weight excluding hydrogens is 222 g/mol. The highest BCUT2D eigenvalue weighted by atomic mass is 32.1. The molecule has 88 valence electrons. The summed E-state index contributed by atoms with van der Waals surface area (Å²) in [6.07, 6.45) is 0. The van der Waals surface area contributed by atoms with Gasteiger partial charge in [0.25, 0.3) is 5.91 Å². The molecule has 0 saturated carbocycles. The second-order valence-electron chi connectivity index (χ2n) is 3.99. The first-order chi connectivity index (χ1) is 7.72. The molecule has 0 spiro atoms. The Labute approximate surface area is 99.9 Å². The zero-order chi connectivity index (χ0) is 11.5. The molecule has 0 aliphatic carbocycles. The number of thiazole rings is 1. The molecular formula is C11H17N3OS. The van der Waals surface area contributed by atoms with Gasteiger partial charge in [-0.3, -0.25) is 4.79 Å². The van der Waals surface area contributed by atoms with Gasteiger partial charge in [-0.2, -0.15) is 0 Å². The van der Waals surface area contributed by atoms with Crippen molar-refractivity contribution in [3.63, 3.8) is 0 Å². The first-order valence-corrected chi connectivity index (χ1v) is 6.52. The van der Waals surface area contributed by atoms with Crippen LogP contribution >= 0.6 is 11.3 Å². The van der Waals surface area contributed by atoms with E-state index >= 15 is 0 Å². The van der Waals surface area contributed by atoms with Crippen molar-refractivity contribution in [2.24, 2.45) is 0 Å². The summed E-state index contributed by atoms with van der Waals surface area (Å²) in [5, 5.41) is 0. The summed E-state index contributed by atoms with van der Waals surface area (Å²) in [5.41, 5.74) is 2.60. The lowest BCUT2D eigenvalue weighted by Gasteiger charge is -2.33. The number of nitrogens with zero attached hydrogens (tertiary/aromatic N) is 3. The molecule has 1 aliphatic rings. The Balaban J connectivity index is 2.00. The molecule has 0 bridgehead atoms. The van der Waals surface area contributed by atoms with Crippen molar-refractivity contribution in [3.8, 4) is 0 Å². The van der Waals surface area contributed by atoms with Gasteiger partial charge in [-0.25, -0.2) is 4.98 Å². The number of aryl methyl sites for hydroxylation is 1. The lowest BCUT2D eigenvalue weighted by Crippen LogP contribution is -2.48. The molecule has 0 atom stereocenters. The Morgan fingerprint density at radius 3 is 2.62 bits per heavy atom. The molecule has 4 nitrogen and oxygen atoms in total. The fourth-order valence-electron chi connectivity index (χ4n) is 1.92. The molecule has 16 heavy (non-hydrogen) atoms. The van der Waals surface area contributed by atoms with Crippen molar-refractivity contribution in [1.29, 1.82) is 0 Å². The molecule has 1 fully saturated rings. The molecule has 1 aromatic heterocycles. The molecule has 2 heterocycles. The van der Waals surface area contributed by atoms with E-state index in [1.807, 2.05) is 11.8 Å². The zero-order valence-electron chi connectivity index (χ0n) is 9.77. The van der Waals surface area contributed by atoms with Gasteiger partial charge in [0.1, 0.15) is 4.88 Å². The number of aromatic nitrogens is 1. The fraction of sp³-hybridized carbons (Fsp3) is 0.636. The Morgan fingerprint density at radius 1 is 1.44 bits per heavy atom. The van der Waals surface area contributed by atoms with E-state index in [1.165, 1.54) is 11.3 Å². The number of likely N-dealkylation sites (N-methyl/N-ethyl adjacent to an activating group) is 1. The molecule has 0 N–H and O–H groups in total. The summed E-state index contributed by atoms with van der Waals surface area (Å²) in [6, 6.07) is 0. The van der Waals surface area contributed by atoms with Gasteiger partial charge in [-0.15, -0.1) is 11.3 Å². The minimum absolute atomic E-state index is 0.149. The highest BCUT2D eigenvalue weighted by molar-refractivity contribution is 7.11. The van der Waals surface area contributed by atoms with Crippen molar-refractivity contribution in [2.75, 3.05) is 32.7 Å². The van der Waals surface area contributed by atoms with Gasteiger partial charge in [0.05, 0.1) is 11.2 Å². The van der Waals surface area contributed by atoms with Crippen molar-refractivity contribution < 1.29 is 4.79 Å². The molecule has 1 amide bonds. The van der Waals surface area contributed by atoms with Gasteiger partial charge in [0.15, 0.2) is 0 Å².